The van der Waals surface area contributed by atoms with E-state index >= 15 is 0 Å². The van der Waals surface area contributed by atoms with Gasteiger partial charge in [-0.3, -0.25) is 4.79 Å². The predicted molar refractivity (Wildman–Crippen MR) is 95.6 cm³/mol. The fraction of sp³-hybridized carbons (Fsp3) is 0.389. The summed E-state index contributed by atoms with van der Waals surface area (Å²) in [6.07, 6.45) is 1.62. The molecule has 24 heavy (non-hydrogen) atoms. The van der Waals surface area contributed by atoms with E-state index in [1.165, 1.54) is 0 Å². The summed E-state index contributed by atoms with van der Waals surface area (Å²) in [7, 11) is 2.11. The molecular formula is C18H23N5O. The lowest BCUT2D eigenvalue weighted by Crippen LogP contribution is -2.45. The molecule has 6 nitrogen and oxygen atoms in total. The summed E-state index contributed by atoms with van der Waals surface area (Å²) >= 11 is 0. The molecule has 0 atom stereocenters. The Kier molecular flexibility index (Phi) is 4.76. The molecule has 0 unspecified atom stereocenters. The van der Waals surface area contributed by atoms with Crippen molar-refractivity contribution < 1.29 is 4.79 Å². The molecule has 1 aliphatic heterocycles. The minimum absolute atomic E-state index is 0.179. The van der Waals surface area contributed by atoms with E-state index in [0.717, 1.165) is 37.4 Å². The lowest BCUT2D eigenvalue weighted by Gasteiger charge is -2.32. The molecule has 1 aromatic heterocycles. The third kappa shape index (κ3) is 3.71. The van der Waals surface area contributed by atoms with Crippen molar-refractivity contribution in [2.75, 3.05) is 43.4 Å². The van der Waals surface area contributed by atoms with Gasteiger partial charge in [-0.15, -0.1) is 0 Å². The predicted octanol–water partition coefficient (Wildman–Crippen LogP) is 2.10. The first-order chi connectivity index (χ1) is 11.5. The first-order valence-electron chi connectivity index (χ1n) is 8.18. The van der Waals surface area contributed by atoms with Gasteiger partial charge in [-0.05, 0) is 33.0 Å². The summed E-state index contributed by atoms with van der Waals surface area (Å²) in [5.74, 6) is 0.522. The average Bonchev–Trinajstić information content (AvgIpc) is 2.57. The van der Waals surface area contributed by atoms with Crippen LogP contribution in [-0.2, 0) is 0 Å². The minimum atomic E-state index is -0.179. The summed E-state index contributed by atoms with van der Waals surface area (Å²) < 4.78 is 0. The smallest absolute Gasteiger partial charge is 0.259 e. The number of amides is 1. The van der Waals surface area contributed by atoms with E-state index in [2.05, 4.69) is 32.1 Å². The first kappa shape index (κ1) is 16.4. The van der Waals surface area contributed by atoms with Crippen molar-refractivity contribution in [3.8, 4) is 0 Å². The van der Waals surface area contributed by atoms with Crippen molar-refractivity contribution in [1.82, 2.24) is 14.9 Å². The summed E-state index contributed by atoms with van der Waals surface area (Å²) in [4.78, 5) is 25.8. The fourth-order valence-electron chi connectivity index (χ4n) is 2.67. The van der Waals surface area contributed by atoms with Crippen LogP contribution >= 0.6 is 0 Å². The Morgan fingerprint density at radius 3 is 2.38 bits per heavy atom. The minimum Gasteiger partial charge on any atom is -0.338 e. The van der Waals surface area contributed by atoms with Crippen LogP contribution < -0.4 is 10.2 Å². The zero-order valence-electron chi connectivity index (χ0n) is 14.4. The highest BCUT2D eigenvalue weighted by Gasteiger charge is 2.18. The number of carbonyl (C=O) groups excluding carboxylic acids is 1. The van der Waals surface area contributed by atoms with Crippen molar-refractivity contribution in [2.24, 2.45) is 0 Å². The molecule has 0 bridgehead atoms. The van der Waals surface area contributed by atoms with E-state index in [0.29, 0.717) is 17.2 Å². The Hall–Kier alpha value is -2.47. The Morgan fingerprint density at radius 1 is 1.08 bits per heavy atom. The summed E-state index contributed by atoms with van der Waals surface area (Å²) in [6.45, 7) is 7.68. The van der Waals surface area contributed by atoms with E-state index in [4.69, 9.17) is 0 Å². The van der Waals surface area contributed by atoms with Gasteiger partial charge in [0, 0.05) is 38.1 Å². The third-order valence-electron chi connectivity index (χ3n) is 4.31. The van der Waals surface area contributed by atoms with Crippen LogP contribution in [0.1, 0.15) is 21.6 Å². The molecule has 1 N–H and O–H groups in total. The number of carbonyl (C=O) groups is 1. The highest BCUT2D eigenvalue weighted by Crippen LogP contribution is 2.15. The second-order valence-corrected chi connectivity index (χ2v) is 6.28. The largest absolute Gasteiger partial charge is 0.338 e. The molecule has 1 aliphatic rings. The average molecular weight is 325 g/mol. The maximum Gasteiger partial charge on any atom is 0.259 e. The Morgan fingerprint density at radius 2 is 1.75 bits per heavy atom. The normalized spacial score (nSPS) is 15.4. The second kappa shape index (κ2) is 6.97. The molecule has 2 aromatic rings. The van der Waals surface area contributed by atoms with E-state index in [-0.39, 0.29) is 5.91 Å². The van der Waals surface area contributed by atoms with Gasteiger partial charge in [-0.1, -0.05) is 17.7 Å². The Labute approximate surface area is 142 Å². The number of nitrogens with zero attached hydrogens (tertiary/aromatic N) is 4. The van der Waals surface area contributed by atoms with Gasteiger partial charge in [0.25, 0.3) is 5.91 Å². The van der Waals surface area contributed by atoms with Crippen LogP contribution in [0.3, 0.4) is 0 Å². The number of nitrogens with one attached hydrogen (secondary N) is 1. The quantitative estimate of drug-likeness (QED) is 0.936. The van der Waals surface area contributed by atoms with Crippen molar-refractivity contribution in [1.29, 1.82) is 0 Å². The van der Waals surface area contributed by atoms with Crippen LogP contribution in [0.2, 0.25) is 0 Å². The number of hydrogen-bond donors (Lipinski definition) is 1. The number of likely N-dealkylation sites (N-methyl/N-ethyl adjacent to an activating group) is 1. The summed E-state index contributed by atoms with van der Waals surface area (Å²) in [5.41, 5.74) is 3.13. The van der Waals surface area contributed by atoms with Crippen LogP contribution in [0.4, 0.5) is 11.6 Å². The lowest BCUT2D eigenvalue weighted by atomic mass is 10.2. The van der Waals surface area contributed by atoms with Crippen LogP contribution in [0, 0.1) is 13.8 Å². The molecule has 1 fully saturated rings. The zero-order valence-corrected chi connectivity index (χ0v) is 14.4. The van der Waals surface area contributed by atoms with Crippen molar-refractivity contribution in [2.45, 2.75) is 13.8 Å². The Balaban J connectivity index is 1.72. The molecule has 1 amide bonds. The van der Waals surface area contributed by atoms with Crippen molar-refractivity contribution >= 4 is 17.5 Å². The van der Waals surface area contributed by atoms with Gasteiger partial charge in [0.15, 0.2) is 0 Å². The maximum atomic E-state index is 12.4. The first-order valence-corrected chi connectivity index (χ1v) is 8.18. The molecular weight excluding hydrogens is 302 g/mol. The van der Waals surface area contributed by atoms with Gasteiger partial charge >= 0.3 is 0 Å². The molecule has 126 valence electrons. The summed E-state index contributed by atoms with van der Waals surface area (Å²) in [6, 6.07) is 7.72. The molecule has 0 saturated carbocycles. The number of piperazine rings is 1. The van der Waals surface area contributed by atoms with Gasteiger partial charge < -0.3 is 15.1 Å². The maximum absolute atomic E-state index is 12.4. The van der Waals surface area contributed by atoms with E-state index in [1.807, 2.05) is 38.1 Å². The second-order valence-electron chi connectivity index (χ2n) is 6.28. The standard InChI is InChI=1S/C18H23N5O/c1-13-4-6-15(7-5-13)21-17(24)16-12-19-18(20-14(16)2)23-10-8-22(3)9-11-23/h4-7,12H,8-11H2,1-3H3,(H,21,24). The molecule has 0 aliphatic carbocycles. The molecule has 2 heterocycles. The van der Waals surface area contributed by atoms with Gasteiger partial charge in [-0.25, -0.2) is 9.97 Å². The SMILES string of the molecule is Cc1ccc(NC(=O)c2cnc(N3CCN(C)CC3)nc2C)cc1. The lowest BCUT2D eigenvalue weighted by molar-refractivity contribution is 0.102. The third-order valence-corrected chi connectivity index (χ3v) is 4.31. The van der Waals surface area contributed by atoms with E-state index in [9.17, 15) is 4.79 Å². The van der Waals surface area contributed by atoms with Crippen LogP contribution in [-0.4, -0.2) is 54.0 Å². The fourth-order valence-corrected chi connectivity index (χ4v) is 2.67. The van der Waals surface area contributed by atoms with Gasteiger partial charge in [0.05, 0.1) is 11.3 Å². The van der Waals surface area contributed by atoms with Gasteiger partial charge in [-0.2, -0.15) is 0 Å². The van der Waals surface area contributed by atoms with Crippen LogP contribution in [0.5, 0.6) is 0 Å². The van der Waals surface area contributed by atoms with E-state index in [1.54, 1.807) is 6.20 Å². The molecule has 1 aromatic carbocycles. The highest BCUT2D eigenvalue weighted by atomic mass is 16.1. The Bertz CT molecular complexity index is 721. The molecule has 1 saturated heterocycles. The van der Waals surface area contributed by atoms with Crippen LogP contribution in [0.25, 0.3) is 0 Å². The van der Waals surface area contributed by atoms with Gasteiger partial charge in [0.2, 0.25) is 5.95 Å². The zero-order chi connectivity index (χ0) is 17.1. The molecule has 6 heteroatoms. The van der Waals surface area contributed by atoms with Crippen molar-refractivity contribution in [3.63, 3.8) is 0 Å². The molecule has 3 rings (SSSR count). The number of aryl methyl sites for hydroxylation is 2. The van der Waals surface area contributed by atoms with Crippen molar-refractivity contribution in [3.05, 3.63) is 47.3 Å². The van der Waals surface area contributed by atoms with Crippen LogP contribution in [0.15, 0.2) is 30.5 Å². The molecule has 0 spiro atoms. The topological polar surface area (TPSA) is 61.4 Å². The van der Waals surface area contributed by atoms with E-state index < -0.39 is 0 Å². The monoisotopic (exact) mass is 325 g/mol. The number of aromatic nitrogens is 2. The number of rotatable bonds is 3. The summed E-state index contributed by atoms with van der Waals surface area (Å²) in [5, 5.41) is 2.89. The molecule has 0 radical (unpaired) electrons. The van der Waals surface area contributed by atoms with Gasteiger partial charge in [0.1, 0.15) is 0 Å². The number of anilines is 2. The number of benzene rings is 1. The number of hydrogen-bond acceptors (Lipinski definition) is 5. The highest BCUT2D eigenvalue weighted by molar-refractivity contribution is 6.04.